The van der Waals surface area contributed by atoms with Crippen LogP contribution >= 0.6 is 11.8 Å². The zero-order valence-corrected chi connectivity index (χ0v) is 16.1. The molecule has 2 heterocycles. The first-order chi connectivity index (χ1) is 13.5. The van der Waals surface area contributed by atoms with Gasteiger partial charge in [-0.3, -0.25) is 4.57 Å². The molecule has 1 N–H and O–H groups in total. The van der Waals surface area contributed by atoms with Crippen LogP contribution in [-0.4, -0.2) is 43.1 Å². The van der Waals surface area contributed by atoms with E-state index in [4.69, 9.17) is 4.74 Å². The normalized spacial score (nSPS) is 20.0. The van der Waals surface area contributed by atoms with Gasteiger partial charge < -0.3 is 9.84 Å². The molecule has 2 aromatic heterocycles. The lowest BCUT2D eigenvalue weighted by Crippen LogP contribution is -2.27. The SMILES string of the molecule is CSc1nc(OC2CCC(O)CC2)cc(-n2c(C(F)F)nc3ccccc32)n1. The number of hydrogen-bond acceptors (Lipinski definition) is 6. The fraction of sp³-hybridized carbons (Fsp3) is 0.421. The van der Waals surface area contributed by atoms with E-state index >= 15 is 0 Å². The zero-order chi connectivity index (χ0) is 19.7. The van der Waals surface area contributed by atoms with Crippen molar-refractivity contribution in [1.29, 1.82) is 0 Å². The Bertz CT molecular complexity index is 974. The maximum absolute atomic E-state index is 13.7. The smallest absolute Gasteiger partial charge is 0.296 e. The van der Waals surface area contributed by atoms with Crippen LogP contribution in [0.5, 0.6) is 5.88 Å². The van der Waals surface area contributed by atoms with Crippen molar-refractivity contribution in [3.63, 3.8) is 0 Å². The molecule has 0 saturated heterocycles. The number of aliphatic hydroxyl groups excluding tert-OH is 1. The zero-order valence-electron chi connectivity index (χ0n) is 15.3. The molecule has 28 heavy (non-hydrogen) atoms. The van der Waals surface area contributed by atoms with Crippen molar-refractivity contribution in [3.8, 4) is 11.7 Å². The van der Waals surface area contributed by atoms with E-state index in [0.717, 1.165) is 12.8 Å². The number of aliphatic hydroxyl groups is 1. The first-order valence-corrected chi connectivity index (χ1v) is 10.3. The Balaban J connectivity index is 1.76. The van der Waals surface area contributed by atoms with Crippen LogP contribution in [0.1, 0.15) is 37.9 Å². The number of nitrogens with zero attached hydrogens (tertiary/aromatic N) is 4. The Labute approximate surface area is 165 Å². The molecular formula is C19H20F2N4O2S. The quantitative estimate of drug-likeness (QED) is 0.507. The van der Waals surface area contributed by atoms with Crippen molar-refractivity contribution in [2.24, 2.45) is 0 Å². The van der Waals surface area contributed by atoms with Crippen LogP contribution in [-0.2, 0) is 0 Å². The molecule has 0 atom stereocenters. The van der Waals surface area contributed by atoms with Crippen LogP contribution in [0.2, 0.25) is 0 Å². The largest absolute Gasteiger partial charge is 0.474 e. The van der Waals surface area contributed by atoms with Gasteiger partial charge in [-0.05, 0) is 44.1 Å². The lowest BCUT2D eigenvalue weighted by atomic mass is 9.95. The van der Waals surface area contributed by atoms with Crippen LogP contribution in [0.3, 0.4) is 0 Å². The minimum atomic E-state index is -2.75. The number of halogens is 2. The van der Waals surface area contributed by atoms with Gasteiger partial charge in [0.15, 0.2) is 11.0 Å². The summed E-state index contributed by atoms with van der Waals surface area (Å²) in [6.07, 6.45) is 1.54. The molecule has 0 unspecified atom stereocenters. The van der Waals surface area contributed by atoms with E-state index in [0.29, 0.717) is 40.7 Å². The number of rotatable bonds is 5. The summed E-state index contributed by atoms with van der Waals surface area (Å²) in [5.41, 5.74) is 1.03. The van der Waals surface area contributed by atoms with Crippen molar-refractivity contribution in [1.82, 2.24) is 19.5 Å². The van der Waals surface area contributed by atoms with Crippen LogP contribution in [0.4, 0.5) is 8.78 Å². The molecule has 0 aliphatic heterocycles. The molecule has 6 nitrogen and oxygen atoms in total. The van der Waals surface area contributed by atoms with E-state index in [9.17, 15) is 13.9 Å². The molecule has 3 aromatic rings. The van der Waals surface area contributed by atoms with Gasteiger partial charge in [0.05, 0.1) is 17.1 Å². The number of hydrogen-bond donors (Lipinski definition) is 1. The average Bonchev–Trinajstić information content (AvgIpc) is 3.09. The summed E-state index contributed by atoms with van der Waals surface area (Å²) >= 11 is 1.31. The number of para-hydroxylation sites is 2. The Morgan fingerprint density at radius 2 is 1.89 bits per heavy atom. The van der Waals surface area contributed by atoms with Crippen molar-refractivity contribution in [2.45, 2.75) is 49.5 Å². The summed E-state index contributed by atoms with van der Waals surface area (Å²) < 4.78 is 34.7. The second-order valence-corrected chi connectivity index (χ2v) is 7.47. The van der Waals surface area contributed by atoms with E-state index in [2.05, 4.69) is 15.0 Å². The van der Waals surface area contributed by atoms with Gasteiger partial charge in [0.1, 0.15) is 11.9 Å². The third kappa shape index (κ3) is 3.81. The van der Waals surface area contributed by atoms with E-state index in [1.54, 1.807) is 30.3 Å². The van der Waals surface area contributed by atoms with E-state index < -0.39 is 6.43 Å². The number of benzene rings is 1. The number of thioether (sulfide) groups is 1. The maximum Gasteiger partial charge on any atom is 0.296 e. The first kappa shape index (κ1) is 19.1. The predicted molar refractivity (Wildman–Crippen MR) is 102 cm³/mol. The van der Waals surface area contributed by atoms with Crippen molar-refractivity contribution < 1.29 is 18.6 Å². The lowest BCUT2D eigenvalue weighted by molar-refractivity contribution is 0.0639. The van der Waals surface area contributed by atoms with Gasteiger partial charge in [-0.15, -0.1) is 0 Å². The topological polar surface area (TPSA) is 73.1 Å². The number of imidazole rings is 1. The standard InChI is InChI=1S/C19H20F2N4O2S/c1-28-19-23-15(10-16(24-19)27-12-8-6-11(26)7-9-12)25-14-5-3-2-4-13(14)22-18(25)17(20)21/h2-5,10-12,17,26H,6-9H2,1H3. The highest BCUT2D eigenvalue weighted by Crippen LogP contribution is 2.30. The summed E-state index contributed by atoms with van der Waals surface area (Å²) in [7, 11) is 0. The van der Waals surface area contributed by atoms with Gasteiger partial charge in [0.2, 0.25) is 5.88 Å². The van der Waals surface area contributed by atoms with Gasteiger partial charge in [-0.1, -0.05) is 23.9 Å². The molecule has 0 radical (unpaired) electrons. The minimum Gasteiger partial charge on any atom is -0.474 e. The fourth-order valence-corrected chi connectivity index (χ4v) is 3.79. The van der Waals surface area contributed by atoms with Crippen molar-refractivity contribution in [3.05, 3.63) is 36.2 Å². The molecule has 0 bridgehead atoms. The molecule has 0 spiro atoms. The Hall–Kier alpha value is -2.26. The average molecular weight is 406 g/mol. The molecule has 1 fully saturated rings. The molecule has 9 heteroatoms. The molecule has 1 saturated carbocycles. The first-order valence-electron chi connectivity index (χ1n) is 9.09. The number of ether oxygens (including phenoxy) is 1. The number of alkyl halides is 2. The Morgan fingerprint density at radius 1 is 1.14 bits per heavy atom. The van der Waals surface area contributed by atoms with Gasteiger partial charge in [-0.2, -0.15) is 4.98 Å². The van der Waals surface area contributed by atoms with Gasteiger partial charge in [-0.25, -0.2) is 18.7 Å². The van der Waals surface area contributed by atoms with Crippen LogP contribution in [0.15, 0.2) is 35.5 Å². The molecule has 1 aromatic carbocycles. The summed E-state index contributed by atoms with van der Waals surface area (Å²) in [5.74, 6) is 0.279. The Kier molecular flexibility index (Phi) is 5.45. The van der Waals surface area contributed by atoms with Crippen LogP contribution in [0, 0.1) is 0 Å². The molecule has 0 amide bonds. The summed E-state index contributed by atoms with van der Waals surface area (Å²) in [5, 5.41) is 10.1. The highest BCUT2D eigenvalue weighted by molar-refractivity contribution is 7.98. The van der Waals surface area contributed by atoms with Crippen molar-refractivity contribution >= 4 is 22.8 Å². The molecule has 1 aliphatic rings. The molecule has 1 aliphatic carbocycles. The highest BCUT2D eigenvalue weighted by atomic mass is 32.2. The van der Waals surface area contributed by atoms with Crippen molar-refractivity contribution in [2.75, 3.05) is 6.26 Å². The molecule has 148 valence electrons. The van der Waals surface area contributed by atoms with Gasteiger partial charge in [0, 0.05) is 6.07 Å². The lowest BCUT2D eigenvalue weighted by Gasteiger charge is -2.25. The number of aromatic nitrogens is 4. The van der Waals surface area contributed by atoms with Gasteiger partial charge >= 0.3 is 0 Å². The third-order valence-corrected chi connectivity index (χ3v) is 5.34. The molecular weight excluding hydrogens is 386 g/mol. The van der Waals surface area contributed by atoms with E-state index in [1.807, 2.05) is 6.26 Å². The summed E-state index contributed by atoms with van der Waals surface area (Å²) in [6, 6.07) is 8.54. The molecule has 4 rings (SSSR count). The van der Waals surface area contributed by atoms with Gasteiger partial charge in [0.25, 0.3) is 6.43 Å². The predicted octanol–water partition coefficient (Wildman–Crippen LogP) is 4.16. The third-order valence-electron chi connectivity index (χ3n) is 4.79. The summed E-state index contributed by atoms with van der Waals surface area (Å²) in [6.45, 7) is 0. The Morgan fingerprint density at radius 3 is 2.61 bits per heavy atom. The van der Waals surface area contributed by atoms with Crippen LogP contribution in [0.25, 0.3) is 16.9 Å². The second kappa shape index (κ2) is 8.00. The van der Waals surface area contributed by atoms with E-state index in [-0.39, 0.29) is 18.0 Å². The number of fused-ring (bicyclic) bond motifs is 1. The summed E-state index contributed by atoms with van der Waals surface area (Å²) in [4.78, 5) is 12.9. The van der Waals surface area contributed by atoms with E-state index in [1.165, 1.54) is 16.3 Å². The minimum absolute atomic E-state index is 0.0602. The fourth-order valence-electron chi connectivity index (χ4n) is 3.42. The van der Waals surface area contributed by atoms with Crippen LogP contribution < -0.4 is 4.74 Å². The second-order valence-electron chi connectivity index (χ2n) is 6.69. The highest BCUT2D eigenvalue weighted by Gasteiger charge is 2.24. The maximum atomic E-state index is 13.7. The monoisotopic (exact) mass is 406 g/mol.